The summed E-state index contributed by atoms with van der Waals surface area (Å²) in [7, 11) is 0. The van der Waals surface area contributed by atoms with Crippen molar-refractivity contribution in [2.24, 2.45) is 0 Å². The fourth-order valence-corrected chi connectivity index (χ4v) is 2.65. The number of rotatable bonds is 3. The molecule has 0 amide bonds. The first-order valence-electron chi connectivity index (χ1n) is 6.55. The second kappa shape index (κ2) is 4.92. The number of nitrogens with zero attached hydrogens (tertiary/aromatic N) is 2. The molecule has 1 aromatic heterocycles. The van der Waals surface area contributed by atoms with Gasteiger partial charge in [-0.25, -0.2) is 4.98 Å². The summed E-state index contributed by atoms with van der Waals surface area (Å²) in [4.78, 5) is 14.5. The highest BCUT2D eigenvalue weighted by atomic mass is 16.6. The van der Waals surface area contributed by atoms with Gasteiger partial charge in [0.05, 0.1) is 4.92 Å². The van der Waals surface area contributed by atoms with Gasteiger partial charge in [0, 0.05) is 12.3 Å². The number of benzene rings is 1. The van der Waals surface area contributed by atoms with Crippen LogP contribution in [-0.2, 0) is 12.8 Å². The van der Waals surface area contributed by atoms with Gasteiger partial charge in [-0.05, 0) is 55.0 Å². The quantitative estimate of drug-likeness (QED) is 0.631. The summed E-state index contributed by atoms with van der Waals surface area (Å²) < 4.78 is 5.72. The molecule has 1 heterocycles. The first kappa shape index (κ1) is 12.6. The molecule has 0 radical (unpaired) electrons. The highest BCUT2D eigenvalue weighted by Crippen LogP contribution is 2.37. The Morgan fingerprint density at radius 1 is 1.25 bits per heavy atom. The fourth-order valence-electron chi connectivity index (χ4n) is 2.65. The molecule has 2 aromatic rings. The number of fused-ring (bicyclic) bond motifs is 1. The van der Waals surface area contributed by atoms with Gasteiger partial charge in [-0.3, -0.25) is 10.1 Å². The van der Waals surface area contributed by atoms with E-state index in [1.807, 2.05) is 12.1 Å². The number of aryl methyl sites for hydroxylation is 1. The highest BCUT2D eigenvalue weighted by Gasteiger charge is 2.21. The maximum atomic E-state index is 11.0. The molecule has 102 valence electrons. The zero-order chi connectivity index (χ0) is 14.1. The van der Waals surface area contributed by atoms with Crippen molar-refractivity contribution in [2.75, 3.05) is 0 Å². The Balaban J connectivity index is 2.01. The molecular weight excluding hydrogens is 256 g/mol. The van der Waals surface area contributed by atoms with Crippen LogP contribution in [0.5, 0.6) is 11.6 Å². The molecule has 0 unspecified atom stereocenters. The van der Waals surface area contributed by atoms with Gasteiger partial charge < -0.3 is 4.74 Å². The number of nitro groups is 1. The lowest BCUT2D eigenvalue weighted by Crippen LogP contribution is -1.98. The van der Waals surface area contributed by atoms with Crippen LogP contribution in [0.25, 0.3) is 0 Å². The van der Waals surface area contributed by atoms with Gasteiger partial charge in [0.1, 0.15) is 5.75 Å². The molecule has 1 aliphatic carbocycles. The normalized spacial score (nSPS) is 13.1. The third-order valence-corrected chi connectivity index (χ3v) is 3.63. The van der Waals surface area contributed by atoms with Gasteiger partial charge in [0.15, 0.2) is 0 Å². The van der Waals surface area contributed by atoms with Gasteiger partial charge in [-0.1, -0.05) is 6.07 Å². The Bertz CT molecular complexity index is 683. The van der Waals surface area contributed by atoms with E-state index in [-0.39, 0.29) is 11.6 Å². The van der Waals surface area contributed by atoms with E-state index in [0.29, 0.717) is 5.75 Å². The molecule has 0 saturated heterocycles. The standard InChI is InChI=1S/C15H14N2O3/c1-10-7-8-14(12-5-2-4-11(10)12)20-15-13(17(18)19)6-3-9-16-15/h3,6-9H,2,4-5H2,1H3. The van der Waals surface area contributed by atoms with Gasteiger partial charge in [-0.15, -0.1) is 0 Å². The van der Waals surface area contributed by atoms with Crippen molar-refractivity contribution in [2.45, 2.75) is 26.2 Å². The van der Waals surface area contributed by atoms with E-state index in [1.54, 1.807) is 0 Å². The van der Waals surface area contributed by atoms with Crippen LogP contribution < -0.4 is 4.74 Å². The molecule has 0 atom stereocenters. The first-order chi connectivity index (χ1) is 9.66. The fraction of sp³-hybridized carbons (Fsp3) is 0.267. The third-order valence-electron chi connectivity index (χ3n) is 3.63. The van der Waals surface area contributed by atoms with Gasteiger partial charge in [0.25, 0.3) is 5.88 Å². The average Bonchev–Trinajstić information content (AvgIpc) is 2.93. The van der Waals surface area contributed by atoms with Crippen LogP contribution in [0.4, 0.5) is 5.69 Å². The zero-order valence-corrected chi connectivity index (χ0v) is 11.1. The number of pyridine rings is 1. The number of aromatic nitrogens is 1. The molecule has 1 aliphatic rings. The second-order valence-corrected chi connectivity index (χ2v) is 4.88. The largest absolute Gasteiger partial charge is 0.433 e. The summed E-state index contributed by atoms with van der Waals surface area (Å²) in [5.74, 6) is 0.736. The minimum atomic E-state index is -0.475. The van der Waals surface area contributed by atoms with Crippen LogP contribution in [0.2, 0.25) is 0 Å². The Labute approximate surface area is 116 Å². The molecule has 0 bridgehead atoms. The van der Waals surface area contributed by atoms with Gasteiger partial charge in [-0.2, -0.15) is 0 Å². The molecule has 20 heavy (non-hydrogen) atoms. The molecule has 0 aliphatic heterocycles. The van der Waals surface area contributed by atoms with E-state index in [0.717, 1.165) is 24.8 Å². The predicted octanol–water partition coefficient (Wildman–Crippen LogP) is 3.58. The third kappa shape index (κ3) is 2.11. The monoisotopic (exact) mass is 270 g/mol. The summed E-state index contributed by atoms with van der Waals surface area (Å²) in [5.41, 5.74) is 3.60. The summed E-state index contributed by atoms with van der Waals surface area (Å²) in [6.07, 6.45) is 4.59. The average molecular weight is 270 g/mol. The SMILES string of the molecule is Cc1ccc(Oc2ncccc2[N+](=O)[O-])c2c1CCC2. The van der Waals surface area contributed by atoms with E-state index < -0.39 is 4.92 Å². The zero-order valence-electron chi connectivity index (χ0n) is 11.1. The van der Waals surface area contributed by atoms with E-state index in [9.17, 15) is 10.1 Å². The van der Waals surface area contributed by atoms with Crippen LogP contribution in [0.3, 0.4) is 0 Å². The van der Waals surface area contributed by atoms with Crippen LogP contribution in [0, 0.1) is 17.0 Å². The minimum absolute atomic E-state index is 0.0513. The van der Waals surface area contributed by atoms with Crippen molar-refractivity contribution in [3.63, 3.8) is 0 Å². The molecule has 3 rings (SSSR count). The number of ether oxygens (including phenoxy) is 1. The summed E-state index contributed by atoms with van der Waals surface area (Å²) in [6.45, 7) is 2.08. The number of hydrogen-bond acceptors (Lipinski definition) is 4. The van der Waals surface area contributed by atoms with Crippen molar-refractivity contribution in [3.8, 4) is 11.6 Å². The topological polar surface area (TPSA) is 65.3 Å². The van der Waals surface area contributed by atoms with Crippen LogP contribution in [0.1, 0.15) is 23.1 Å². The van der Waals surface area contributed by atoms with Gasteiger partial charge >= 0.3 is 5.69 Å². The summed E-state index contributed by atoms with van der Waals surface area (Å²) in [6, 6.07) is 6.80. The highest BCUT2D eigenvalue weighted by molar-refractivity contribution is 5.50. The molecule has 1 aromatic carbocycles. The van der Waals surface area contributed by atoms with Crippen LogP contribution in [-0.4, -0.2) is 9.91 Å². The summed E-state index contributed by atoms with van der Waals surface area (Å²) >= 11 is 0. The summed E-state index contributed by atoms with van der Waals surface area (Å²) in [5, 5.41) is 11.0. The molecule has 5 heteroatoms. The molecule has 0 spiro atoms. The lowest BCUT2D eigenvalue weighted by molar-refractivity contribution is -0.386. The van der Waals surface area contributed by atoms with E-state index in [1.165, 1.54) is 29.5 Å². The van der Waals surface area contributed by atoms with E-state index in [2.05, 4.69) is 11.9 Å². The van der Waals surface area contributed by atoms with Crippen molar-refractivity contribution in [1.29, 1.82) is 0 Å². The molecular formula is C15H14N2O3. The smallest absolute Gasteiger partial charge is 0.331 e. The van der Waals surface area contributed by atoms with Crippen LogP contribution in [0.15, 0.2) is 30.5 Å². The van der Waals surface area contributed by atoms with Gasteiger partial charge in [0.2, 0.25) is 0 Å². The lowest BCUT2D eigenvalue weighted by Gasteiger charge is -2.11. The van der Waals surface area contributed by atoms with Crippen molar-refractivity contribution in [3.05, 3.63) is 57.3 Å². The maximum absolute atomic E-state index is 11.0. The Morgan fingerprint density at radius 3 is 2.85 bits per heavy atom. The first-order valence-corrected chi connectivity index (χ1v) is 6.55. The van der Waals surface area contributed by atoms with Crippen molar-refractivity contribution >= 4 is 5.69 Å². The van der Waals surface area contributed by atoms with Crippen molar-refractivity contribution < 1.29 is 9.66 Å². The lowest BCUT2D eigenvalue weighted by atomic mass is 10.0. The van der Waals surface area contributed by atoms with Crippen molar-refractivity contribution in [1.82, 2.24) is 4.98 Å². The number of hydrogen-bond donors (Lipinski definition) is 0. The predicted molar refractivity (Wildman–Crippen MR) is 74.2 cm³/mol. The molecule has 0 fully saturated rings. The minimum Gasteiger partial charge on any atom is -0.433 e. The Hall–Kier alpha value is -2.43. The molecule has 0 N–H and O–H groups in total. The van der Waals surface area contributed by atoms with E-state index >= 15 is 0 Å². The maximum Gasteiger partial charge on any atom is 0.331 e. The Morgan fingerprint density at radius 2 is 2.05 bits per heavy atom. The van der Waals surface area contributed by atoms with E-state index in [4.69, 9.17) is 4.74 Å². The molecule has 5 nitrogen and oxygen atoms in total. The Kier molecular flexibility index (Phi) is 3.10. The molecule has 0 saturated carbocycles. The second-order valence-electron chi connectivity index (χ2n) is 4.88. The van der Waals surface area contributed by atoms with Crippen LogP contribution >= 0.6 is 0 Å².